The summed E-state index contributed by atoms with van der Waals surface area (Å²) in [4.78, 5) is 5.67. The maximum absolute atomic E-state index is 5.67. The van der Waals surface area contributed by atoms with E-state index in [1.807, 2.05) is 29.3 Å². The predicted octanol–water partition coefficient (Wildman–Crippen LogP) is 2.27. The minimum absolute atomic E-state index is 0.917. The van der Waals surface area contributed by atoms with Crippen molar-refractivity contribution in [2.45, 2.75) is 19.3 Å². The van der Waals surface area contributed by atoms with Crippen LogP contribution in [0.15, 0.2) is 24.3 Å². The first-order chi connectivity index (χ1) is 6.45. The second kappa shape index (κ2) is 4.28. The molecule has 2 heteroatoms. The van der Waals surface area contributed by atoms with E-state index in [2.05, 4.69) is 6.07 Å². The third-order valence-electron chi connectivity index (χ3n) is 2.24. The zero-order valence-electron chi connectivity index (χ0n) is 7.70. The zero-order chi connectivity index (χ0) is 8.93. The van der Waals surface area contributed by atoms with Crippen LogP contribution in [0.25, 0.3) is 0 Å². The first-order valence-electron chi connectivity index (χ1n) is 4.84. The summed E-state index contributed by atoms with van der Waals surface area (Å²) in [6.07, 6.45) is 3.83. The number of hydrogen-bond acceptors (Lipinski definition) is 2. The van der Waals surface area contributed by atoms with E-state index in [4.69, 9.17) is 4.84 Å². The highest BCUT2D eigenvalue weighted by Crippen LogP contribution is 2.14. The van der Waals surface area contributed by atoms with Crippen molar-refractivity contribution in [3.05, 3.63) is 30.3 Å². The Kier molecular flexibility index (Phi) is 2.82. The highest BCUT2D eigenvalue weighted by Gasteiger charge is 2.10. The summed E-state index contributed by atoms with van der Waals surface area (Å²) in [6, 6.07) is 10.6. The Hall–Kier alpha value is -1.02. The van der Waals surface area contributed by atoms with Crippen molar-refractivity contribution in [1.29, 1.82) is 0 Å². The van der Waals surface area contributed by atoms with Crippen LogP contribution in [0, 0.1) is 6.07 Å². The molecule has 1 radical (unpaired) electrons. The first-order valence-corrected chi connectivity index (χ1v) is 4.84. The molecular weight excluding hydrogens is 162 g/mol. The lowest BCUT2D eigenvalue weighted by Crippen LogP contribution is -2.32. The van der Waals surface area contributed by atoms with E-state index in [9.17, 15) is 0 Å². The van der Waals surface area contributed by atoms with Gasteiger partial charge in [-0.1, -0.05) is 18.6 Å². The summed E-state index contributed by atoms with van der Waals surface area (Å²) in [5, 5.41) is 2.04. The van der Waals surface area contributed by atoms with Crippen LogP contribution in [0.3, 0.4) is 0 Å². The molecule has 1 aliphatic rings. The van der Waals surface area contributed by atoms with Gasteiger partial charge in [0.1, 0.15) is 5.75 Å². The van der Waals surface area contributed by atoms with Gasteiger partial charge in [-0.25, -0.2) is 0 Å². The number of nitrogens with zero attached hydrogens (tertiary/aromatic N) is 1. The van der Waals surface area contributed by atoms with Crippen molar-refractivity contribution in [2.75, 3.05) is 13.1 Å². The number of hydroxylamine groups is 2. The smallest absolute Gasteiger partial charge is 0.147 e. The van der Waals surface area contributed by atoms with Crippen LogP contribution in [0.4, 0.5) is 0 Å². The molecule has 0 aliphatic carbocycles. The van der Waals surface area contributed by atoms with Crippen molar-refractivity contribution in [1.82, 2.24) is 5.06 Å². The van der Waals surface area contributed by atoms with Crippen molar-refractivity contribution < 1.29 is 4.84 Å². The molecule has 2 nitrogen and oxygen atoms in total. The van der Waals surface area contributed by atoms with Crippen molar-refractivity contribution in [3.8, 4) is 5.75 Å². The fourth-order valence-corrected chi connectivity index (χ4v) is 1.54. The monoisotopic (exact) mass is 176 g/mol. The van der Waals surface area contributed by atoms with E-state index >= 15 is 0 Å². The number of benzene rings is 1. The molecule has 0 unspecified atom stereocenters. The summed E-state index contributed by atoms with van der Waals surface area (Å²) in [7, 11) is 0. The molecule has 0 saturated carbocycles. The topological polar surface area (TPSA) is 12.5 Å². The maximum Gasteiger partial charge on any atom is 0.147 e. The molecule has 0 spiro atoms. The van der Waals surface area contributed by atoms with Gasteiger partial charge in [-0.2, -0.15) is 0 Å². The van der Waals surface area contributed by atoms with E-state index in [0.29, 0.717) is 0 Å². The fraction of sp³-hybridized carbons (Fsp3) is 0.455. The van der Waals surface area contributed by atoms with Crippen LogP contribution in [-0.2, 0) is 0 Å². The Labute approximate surface area is 79.1 Å². The second-order valence-corrected chi connectivity index (χ2v) is 3.32. The quantitative estimate of drug-likeness (QED) is 0.685. The van der Waals surface area contributed by atoms with Gasteiger partial charge >= 0.3 is 0 Å². The molecule has 1 saturated heterocycles. The Bertz CT molecular complexity index is 242. The van der Waals surface area contributed by atoms with Gasteiger partial charge < -0.3 is 4.84 Å². The molecule has 1 aromatic carbocycles. The normalized spacial score (nSPS) is 18.5. The van der Waals surface area contributed by atoms with E-state index in [1.54, 1.807) is 0 Å². The first kappa shape index (κ1) is 8.57. The third kappa shape index (κ3) is 2.46. The second-order valence-electron chi connectivity index (χ2n) is 3.32. The molecule has 0 amide bonds. The molecule has 0 atom stereocenters. The summed E-state index contributed by atoms with van der Waals surface area (Å²) in [5.74, 6) is 0.917. The highest BCUT2D eigenvalue weighted by molar-refractivity contribution is 5.19. The molecule has 0 bridgehead atoms. The van der Waals surface area contributed by atoms with Crippen molar-refractivity contribution in [3.63, 3.8) is 0 Å². The Morgan fingerprint density at radius 1 is 1.08 bits per heavy atom. The summed E-state index contributed by atoms with van der Waals surface area (Å²) in [6.45, 7) is 2.11. The average molecular weight is 176 g/mol. The minimum atomic E-state index is 0.917. The van der Waals surface area contributed by atoms with E-state index in [-0.39, 0.29) is 0 Å². The molecule has 1 aliphatic heterocycles. The SMILES string of the molecule is [c]1ccc(ON2CCCCC2)cc1. The van der Waals surface area contributed by atoms with Gasteiger partial charge in [-0.15, -0.1) is 5.06 Å². The Morgan fingerprint density at radius 2 is 1.77 bits per heavy atom. The molecule has 1 fully saturated rings. The number of rotatable bonds is 2. The summed E-state index contributed by atoms with van der Waals surface area (Å²) in [5.41, 5.74) is 0. The van der Waals surface area contributed by atoms with E-state index < -0.39 is 0 Å². The lowest BCUT2D eigenvalue weighted by Gasteiger charge is -2.25. The van der Waals surface area contributed by atoms with Crippen LogP contribution in [-0.4, -0.2) is 18.2 Å². The lowest BCUT2D eigenvalue weighted by atomic mass is 10.2. The van der Waals surface area contributed by atoms with Crippen LogP contribution in [0.5, 0.6) is 5.75 Å². The van der Waals surface area contributed by atoms with Crippen molar-refractivity contribution >= 4 is 0 Å². The Morgan fingerprint density at radius 3 is 2.46 bits per heavy atom. The molecule has 13 heavy (non-hydrogen) atoms. The largest absolute Gasteiger partial charge is 0.406 e. The molecule has 1 heterocycles. The molecule has 1 aromatic rings. The van der Waals surface area contributed by atoms with Crippen LogP contribution in [0.2, 0.25) is 0 Å². The van der Waals surface area contributed by atoms with Gasteiger partial charge in [0.25, 0.3) is 0 Å². The third-order valence-corrected chi connectivity index (χ3v) is 2.24. The number of piperidine rings is 1. The minimum Gasteiger partial charge on any atom is -0.406 e. The molecule has 2 rings (SSSR count). The van der Waals surface area contributed by atoms with Crippen LogP contribution < -0.4 is 4.84 Å². The van der Waals surface area contributed by atoms with Crippen LogP contribution in [0.1, 0.15) is 19.3 Å². The molecule has 69 valence electrons. The fourth-order valence-electron chi connectivity index (χ4n) is 1.54. The van der Waals surface area contributed by atoms with Gasteiger partial charge in [-0.05, 0) is 31.0 Å². The Balaban J connectivity index is 1.90. The van der Waals surface area contributed by atoms with E-state index in [1.165, 1.54) is 19.3 Å². The van der Waals surface area contributed by atoms with Gasteiger partial charge in [0.15, 0.2) is 0 Å². The van der Waals surface area contributed by atoms with E-state index in [0.717, 1.165) is 18.8 Å². The molecule has 0 N–H and O–H groups in total. The zero-order valence-corrected chi connectivity index (χ0v) is 7.70. The predicted molar refractivity (Wildman–Crippen MR) is 51.3 cm³/mol. The van der Waals surface area contributed by atoms with Gasteiger partial charge in [0.05, 0.1) is 0 Å². The number of hydrogen-bond donors (Lipinski definition) is 0. The molecular formula is C11H14NO. The van der Waals surface area contributed by atoms with Gasteiger partial charge in [0, 0.05) is 13.1 Å². The van der Waals surface area contributed by atoms with Crippen molar-refractivity contribution in [2.24, 2.45) is 0 Å². The molecule has 0 aromatic heterocycles. The van der Waals surface area contributed by atoms with Gasteiger partial charge in [-0.3, -0.25) is 0 Å². The van der Waals surface area contributed by atoms with Gasteiger partial charge in [0.2, 0.25) is 0 Å². The maximum atomic E-state index is 5.67. The highest BCUT2D eigenvalue weighted by atomic mass is 16.7. The lowest BCUT2D eigenvalue weighted by molar-refractivity contribution is -0.0719. The van der Waals surface area contributed by atoms with Crippen LogP contribution >= 0.6 is 0 Å². The summed E-state index contributed by atoms with van der Waals surface area (Å²) >= 11 is 0. The average Bonchev–Trinajstić information content (AvgIpc) is 2.21. The standard InChI is InChI=1S/C11H14NO/c1-3-7-11(8-4-1)13-12-9-5-2-6-10-12/h3-4,7-8H,2,5-6,9-10H2. The summed E-state index contributed by atoms with van der Waals surface area (Å²) < 4.78 is 0.